The van der Waals surface area contributed by atoms with Crippen LogP contribution in [-0.2, 0) is 11.2 Å². The molecule has 132 valence electrons. The van der Waals surface area contributed by atoms with Crippen molar-refractivity contribution < 1.29 is 14.3 Å². The zero-order valence-corrected chi connectivity index (χ0v) is 14.7. The van der Waals surface area contributed by atoms with Crippen molar-refractivity contribution in [2.24, 2.45) is 5.92 Å². The third-order valence-corrected chi connectivity index (χ3v) is 4.95. The molecule has 1 atom stereocenters. The van der Waals surface area contributed by atoms with Gasteiger partial charge in [0.2, 0.25) is 12.7 Å². The van der Waals surface area contributed by atoms with E-state index in [1.54, 1.807) is 0 Å². The molecule has 2 aliphatic heterocycles. The summed E-state index contributed by atoms with van der Waals surface area (Å²) in [5, 5.41) is 3.11. The molecule has 1 aromatic carbocycles. The molecule has 1 N–H and O–H groups in total. The number of nitrogens with one attached hydrogen (secondary N) is 1. The maximum atomic E-state index is 12.1. The number of aryl methyl sites for hydroxylation is 1. The maximum absolute atomic E-state index is 12.1. The molecule has 24 heavy (non-hydrogen) atoms. The first kappa shape index (κ1) is 17.1. The lowest BCUT2D eigenvalue weighted by Crippen LogP contribution is -2.43. The fraction of sp³-hybridized carbons (Fsp3) is 0.632. The average molecular weight is 332 g/mol. The summed E-state index contributed by atoms with van der Waals surface area (Å²) in [6.07, 6.45) is 3.69. The van der Waals surface area contributed by atoms with E-state index in [9.17, 15) is 4.79 Å². The molecule has 1 amide bonds. The highest BCUT2D eigenvalue weighted by Crippen LogP contribution is 2.32. The molecule has 2 heterocycles. The Morgan fingerprint density at radius 3 is 3.00 bits per heavy atom. The lowest BCUT2D eigenvalue weighted by atomic mass is 9.97. The Balaban J connectivity index is 1.40. The van der Waals surface area contributed by atoms with Crippen LogP contribution in [0.25, 0.3) is 0 Å². The van der Waals surface area contributed by atoms with Crippen molar-refractivity contribution in [3.05, 3.63) is 23.8 Å². The molecular weight excluding hydrogens is 304 g/mol. The number of likely N-dealkylation sites (tertiary alicyclic amines) is 1. The SMILES string of the molecule is CC(C)N1CCC[C@H](CNC(=O)CCc2ccc3c(c2)OCO3)C1. The number of hydrogen-bond acceptors (Lipinski definition) is 4. The molecule has 5 heteroatoms. The summed E-state index contributed by atoms with van der Waals surface area (Å²) in [6.45, 7) is 7.85. The highest BCUT2D eigenvalue weighted by Gasteiger charge is 2.22. The molecular formula is C19H28N2O3. The summed E-state index contributed by atoms with van der Waals surface area (Å²) >= 11 is 0. The predicted molar refractivity (Wildman–Crippen MR) is 93.3 cm³/mol. The molecule has 0 aromatic heterocycles. The zero-order valence-electron chi connectivity index (χ0n) is 14.7. The van der Waals surface area contributed by atoms with Crippen molar-refractivity contribution in [3.8, 4) is 11.5 Å². The van der Waals surface area contributed by atoms with Crippen LogP contribution in [0, 0.1) is 5.92 Å². The van der Waals surface area contributed by atoms with Gasteiger partial charge in [-0.3, -0.25) is 4.79 Å². The first-order valence-electron chi connectivity index (χ1n) is 9.01. The Morgan fingerprint density at radius 2 is 2.17 bits per heavy atom. The van der Waals surface area contributed by atoms with Crippen molar-refractivity contribution in [3.63, 3.8) is 0 Å². The van der Waals surface area contributed by atoms with Gasteiger partial charge in [0.1, 0.15) is 0 Å². The summed E-state index contributed by atoms with van der Waals surface area (Å²) in [4.78, 5) is 14.6. The Labute approximate surface area is 144 Å². The first-order chi connectivity index (χ1) is 11.6. The number of ether oxygens (including phenoxy) is 2. The summed E-state index contributed by atoms with van der Waals surface area (Å²) in [7, 11) is 0. The minimum Gasteiger partial charge on any atom is -0.454 e. The Bertz CT molecular complexity index is 574. The van der Waals surface area contributed by atoms with E-state index in [0.29, 0.717) is 18.4 Å². The smallest absolute Gasteiger partial charge is 0.231 e. The lowest BCUT2D eigenvalue weighted by molar-refractivity contribution is -0.121. The molecule has 0 radical (unpaired) electrons. The molecule has 1 fully saturated rings. The Hall–Kier alpha value is -1.75. The van der Waals surface area contributed by atoms with Gasteiger partial charge in [-0.1, -0.05) is 6.07 Å². The van der Waals surface area contributed by atoms with Gasteiger partial charge >= 0.3 is 0 Å². The quantitative estimate of drug-likeness (QED) is 0.870. The number of hydrogen-bond donors (Lipinski definition) is 1. The summed E-state index contributed by atoms with van der Waals surface area (Å²) in [5.41, 5.74) is 1.11. The van der Waals surface area contributed by atoms with Crippen molar-refractivity contribution in [2.45, 2.75) is 45.6 Å². The summed E-state index contributed by atoms with van der Waals surface area (Å²) in [5.74, 6) is 2.28. The monoisotopic (exact) mass is 332 g/mol. The molecule has 0 aliphatic carbocycles. The fourth-order valence-electron chi connectivity index (χ4n) is 3.43. The normalized spacial score (nSPS) is 20.4. The predicted octanol–water partition coefficient (Wildman–Crippen LogP) is 2.58. The van der Waals surface area contributed by atoms with E-state index >= 15 is 0 Å². The van der Waals surface area contributed by atoms with E-state index in [4.69, 9.17) is 9.47 Å². The van der Waals surface area contributed by atoms with Crippen LogP contribution in [0.5, 0.6) is 11.5 Å². The molecule has 0 saturated carbocycles. The first-order valence-corrected chi connectivity index (χ1v) is 9.01. The van der Waals surface area contributed by atoms with E-state index < -0.39 is 0 Å². The Morgan fingerprint density at radius 1 is 1.33 bits per heavy atom. The van der Waals surface area contributed by atoms with Crippen molar-refractivity contribution >= 4 is 5.91 Å². The topological polar surface area (TPSA) is 50.8 Å². The van der Waals surface area contributed by atoms with Crippen LogP contribution in [0.2, 0.25) is 0 Å². The van der Waals surface area contributed by atoms with Crippen LogP contribution in [0.15, 0.2) is 18.2 Å². The molecule has 3 rings (SSSR count). The number of carbonyl (C=O) groups excluding carboxylic acids is 1. The molecule has 5 nitrogen and oxygen atoms in total. The molecule has 2 aliphatic rings. The highest BCUT2D eigenvalue weighted by molar-refractivity contribution is 5.76. The van der Waals surface area contributed by atoms with Gasteiger partial charge < -0.3 is 19.7 Å². The van der Waals surface area contributed by atoms with Gasteiger partial charge in [0.15, 0.2) is 11.5 Å². The minimum absolute atomic E-state index is 0.134. The van der Waals surface area contributed by atoms with Gasteiger partial charge in [0.25, 0.3) is 0 Å². The number of benzene rings is 1. The zero-order chi connectivity index (χ0) is 16.9. The molecule has 1 saturated heterocycles. The standard InChI is InChI=1S/C19H28N2O3/c1-14(2)21-9-3-4-16(12-21)11-20-19(22)8-6-15-5-7-17-18(10-15)24-13-23-17/h5,7,10,14,16H,3-4,6,8-9,11-13H2,1-2H3,(H,20,22)/t16-/m1/s1. The second-order valence-electron chi connectivity index (χ2n) is 7.09. The van der Waals surface area contributed by atoms with E-state index in [2.05, 4.69) is 24.1 Å². The van der Waals surface area contributed by atoms with Crippen LogP contribution < -0.4 is 14.8 Å². The third-order valence-electron chi connectivity index (χ3n) is 4.95. The van der Waals surface area contributed by atoms with E-state index in [0.717, 1.165) is 36.6 Å². The van der Waals surface area contributed by atoms with Gasteiger partial charge in [0, 0.05) is 25.6 Å². The van der Waals surface area contributed by atoms with Crippen LogP contribution in [0.4, 0.5) is 0 Å². The van der Waals surface area contributed by atoms with Crippen LogP contribution in [0.3, 0.4) is 0 Å². The highest BCUT2D eigenvalue weighted by atomic mass is 16.7. The average Bonchev–Trinajstić information content (AvgIpc) is 3.06. The number of amides is 1. The second kappa shape index (κ2) is 7.88. The lowest BCUT2D eigenvalue weighted by Gasteiger charge is -2.35. The molecule has 0 bridgehead atoms. The summed E-state index contributed by atoms with van der Waals surface area (Å²) in [6, 6.07) is 6.48. The van der Waals surface area contributed by atoms with Crippen LogP contribution in [-0.4, -0.2) is 43.3 Å². The molecule has 1 aromatic rings. The van der Waals surface area contributed by atoms with Gasteiger partial charge in [-0.2, -0.15) is 0 Å². The van der Waals surface area contributed by atoms with Crippen LogP contribution >= 0.6 is 0 Å². The van der Waals surface area contributed by atoms with Gasteiger partial charge in [0.05, 0.1) is 0 Å². The molecule has 0 unspecified atom stereocenters. The third kappa shape index (κ3) is 4.41. The number of rotatable bonds is 6. The van der Waals surface area contributed by atoms with Crippen LogP contribution in [0.1, 0.15) is 38.7 Å². The van der Waals surface area contributed by atoms with Crippen molar-refractivity contribution in [1.29, 1.82) is 0 Å². The fourth-order valence-corrected chi connectivity index (χ4v) is 3.43. The van der Waals surface area contributed by atoms with E-state index in [1.165, 1.54) is 19.4 Å². The van der Waals surface area contributed by atoms with Crippen molar-refractivity contribution in [1.82, 2.24) is 10.2 Å². The largest absolute Gasteiger partial charge is 0.454 e. The molecule has 0 spiro atoms. The number of nitrogens with zero attached hydrogens (tertiary/aromatic N) is 1. The Kier molecular flexibility index (Phi) is 5.61. The number of fused-ring (bicyclic) bond motifs is 1. The summed E-state index contributed by atoms with van der Waals surface area (Å²) < 4.78 is 10.7. The minimum atomic E-state index is 0.134. The second-order valence-corrected chi connectivity index (χ2v) is 7.09. The van der Waals surface area contributed by atoms with Gasteiger partial charge in [-0.15, -0.1) is 0 Å². The van der Waals surface area contributed by atoms with E-state index in [1.807, 2.05) is 18.2 Å². The van der Waals surface area contributed by atoms with E-state index in [-0.39, 0.29) is 12.7 Å². The van der Waals surface area contributed by atoms with Crippen molar-refractivity contribution in [2.75, 3.05) is 26.4 Å². The maximum Gasteiger partial charge on any atom is 0.231 e. The van der Waals surface area contributed by atoms with Gasteiger partial charge in [-0.05, 0) is 63.3 Å². The number of carbonyl (C=O) groups is 1. The van der Waals surface area contributed by atoms with Gasteiger partial charge in [-0.25, -0.2) is 0 Å². The number of piperidine rings is 1.